The normalized spacial score (nSPS) is 10.6. The molecule has 17 heavy (non-hydrogen) atoms. The molecule has 4 heteroatoms. The number of hydrogen-bond acceptors (Lipinski definition) is 1. The Labute approximate surface area is 96.9 Å². The Balaban J connectivity index is 2.50. The van der Waals surface area contributed by atoms with Gasteiger partial charge in [0.1, 0.15) is 18.3 Å². The molecule has 0 saturated carbocycles. The van der Waals surface area contributed by atoms with Gasteiger partial charge in [0, 0.05) is 11.8 Å². The second-order valence-corrected chi connectivity index (χ2v) is 3.77. The van der Waals surface area contributed by atoms with Crippen LogP contribution in [0.5, 0.6) is 0 Å². The first-order valence-electron chi connectivity index (χ1n) is 5.08. The van der Waals surface area contributed by atoms with Gasteiger partial charge in [-0.05, 0) is 30.7 Å². The smallest absolute Gasteiger partial charge is 0.132 e. The van der Waals surface area contributed by atoms with Gasteiger partial charge in [0.2, 0.25) is 0 Å². The molecule has 1 nitrogen and oxygen atoms in total. The first-order valence-corrected chi connectivity index (χ1v) is 5.08. The molecule has 0 aliphatic carbocycles. The SMILES string of the molecule is Cc1ccc(-c2cc(F)c(CF)c(F)c2)nc1. The highest BCUT2D eigenvalue weighted by Crippen LogP contribution is 2.23. The van der Waals surface area contributed by atoms with Gasteiger partial charge < -0.3 is 0 Å². The van der Waals surface area contributed by atoms with E-state index in [1.807, 2.05) is 6.92 Å². The molecule has 0 amide bonds. The van der Waals surface area contributed by atoms with Crippen molar-refractivity contribution in [1.82, 2.24) is 4.98 Å². The van der Waals surface area contributed by atoms with Gasteiger partial charge in [0.15, 0.2) is 0 Å². The Morgan fingerprint density at radius 1 is 1.12 bits per heavy atom. The molecule has 0 saturated heterocycles. The lowest BCUT2D eigenvalue weighted by atomic mass is 10.1. The Kier molecular flexibility index (Phi) is 3.13. The molecule has 88 valence electrons. The van der Waals surface area contributed by atoms with Crippen molar-refractivity contribution in [3.63, 3.8) is 0 Å². The molecule has 0 unspecified atom stereocenters. The van der Waals surface area contributed by atoms with Crippen LogP contribution >= 0.6 is 0 Å². The van der Waals surface area contributed by atoms with Crippen LogP contribution in [0.1, 0.15) is 11.1 Å². The second kappa shape index (κ2) is 4.57. The zero-order valence-corrected chi connectivity index (χ0v) is 9.17. The van der Waals surface area contributed by atoms with Crippen LogP contribution in [0.3, 0.4) is 0 Å². The summed E-state index contributed by atoms with van der Waals surface area (Å²) in [6.45, 7) is 0.712. The van der Waals surface area contributed by atoms with E-state index in [1.165, 1.54) is 0 Å². The van der Waals surface area contributed by atoms with E-state index in [0.29, 0.717) is 11.3 Å². The van der Waals surface area contributed by atoms with Crippen LogP contribution in [-0.2, 0) is 6.67 Å². The summed E-state index contributed by atoms with van der Waals surface area (Å²) >= 11 is 0. The van der Waals surface area contributed by atoms with E-state index in [0.717, 1.165) is 17.7 Å². The number of nitrogens with zero attached hydrogens (tertiary/aromatic N) is 1. The summed E-state index contributed by atoms with van der Waals surface area (Å²) in [6.07, 6.45) is 1.61. The molecule has 0 fully saturated rings. The highest BCUT2D eigenvalue weighted by Gasteiger charge is 2.12. The van der Waals surface area contributed by atoms with Gasteiger partial charge in [-0.15, -0.1) is 0 Å². The van der Waals surface area contributed by atoms with Gasteiger partial charge >= 0.3 is 0 Å². The van der Waals surface area contributed by atoms with Crippen molar-refractivity contribution in [2.75, 3.05) is 0 Å². The summed E-state index contributed by atoms with van der Waals surface area (Å²) in [6, 6.07) is 5.64. The lowest BCUT2D eigenvalue weighted by Crippen LogP contribution is -1.95. The van der Waals surface area contributed by atoms with Crippen molar-refractivity contribution >= 4 is 0 Å². The summed E-state index contributed by atoms with van der Waals surface area (Å²) in [5, 5.41) is 0. The number of aromatic nitrogens is 1. The number of rotatable bonds is 2. The summed E-state index contributed by atoms with van der Waals surface area (Å²) in [4.78, 5) is 4.06. The first-order chi connectivity index (χ1) is 8.11. The van der Waals surface area contributed by atoms with Crippen molar-refractivity contribution in [3.8, 4) is 11.3 Å². The van der Waals surface area contributed by atoms with E-state index in [-0.39, 0.29) is 0 Å². The Morgan fingerprint density at radius 3 is 2.24 bits per heavy atom. The fourth-order valence-corrected chi connectivity index (χ4v) is 1.52. The Bertz CT molecular complexity index is 512. The number of aryl methyl sites for hydroxylation is 1. The van der Waals surface area contributed by atoms with Crippen LogP contribution < -0.4 is 0 Å². The summed E-state index contributed by atoms with van der Waals surface area (Å²) < 4.78 is 39.1. The van der Waals surface area contributed by atoms with Crippen LogP contribution in [0.25, 0.3) is 11.3 Å². The quantitative estimate of drug-likeness (QED) is 0.774. The third-order valence-corrected chi connectivity index (χ3v) is 2.48. The third-order valence-electron chi connectivity index (χ3n) is 2.48. The summed E-state index contributed by atoms with van der Waals surface area (Å²) in [5.41, 5.74) is 1.17. The molecule has 1 aromatic carbocycles. The molecule has 0 atom stereocenters. The fourth-order valence-electron chi connectivity index (χ4n) is 1.52. The van der Waals surface area contributed by atoms with Crippen LogP contribution in [-0.4, -0.2) is 4.98 Å². The minimum absolute atomic E-state index is 0.303. The largest absolute Gasteiger partial charge is 0.256 e. The summed E-state index contributed by atoms with van der Waals surface area (Å²) in [7, 11) is 0. The lowest BCUT2D eigenvalue weighted by molar-refractivity contribution is 0.440. The predicted molar refractivity (Wildman–Crippen MR) is 59.1 cm³/mol. The van der Waals surface area contributed by atoms with Crippen molar-refractivity contribution < 1.29 is 13.2 Å². The van der Waals surface area contributed by atoms with Gasteiger partial charge in [-0.3, -0.25) is 4.98 Å². The zero-order valence-electron chi connectivity index (χ0n) is 9.17. The highest BCUT2D eigenvalue weighted by molar-refractivity contribution is 5.60. The molecule has 0 aliphatic rings. The molecule has 0 radical (unpaired) electrons. The number of pyridine rings is 1. The Hall–Kier alpha value is -1.84. The topological polar surface area (TPSA) is 12.9 Å². The van der Waals surface area contributed by atoms with Crippen LogP contribution in [0.15, 0.2) is 30.5 Å². The number of alkyl halides is 1. The highest BCUT2D eigenvalue weighted by atomic mass is 19.1. The van der Waals surface area contributed by atoms with E-state index in [4.69, 9.17) is 0 Å². The third kappa shape index (κ3) is 2.30. The van der Waals surface area contributed by atoms with Gasteiger partial charge in [-0.2, -0.15) is 0 Å². The molecule has 2 rings (SSSR count). The average Bonchev–Trinajstić information content (AvgIpc) is 2.29. The molecule has 0 N–H and O–H groups in total. The average molecular weight is 237 g/mol. The van der Waals surface area contributed by atoms with E-state index in [9.17, 15) is 13.2 Å². The molecule has 0 spiro atoms. The number of benzene rings is 1. The summed E-state index contributed by atoms with van der Waals surface area (Å²) in [5.74, 6) is -1.77. The minimum atomic E-state index is -1.15. The molecule has 1 aromatic heterocycles. The van der Waals surface area contributed by atoms with E-state index in [1.54, 1.807) is 18.3 Å². The van der Waals surface area contributed by atoms with Crippen molar-refractivity contribution in [2.45, 2.75) is 13.6 Å². The van der Waals surface area contributed by atoms with Crippen LogP contribution in [0, 0.1) is 18.6 Å². The fraction of sp³-hybridized carbons (Fsp3) is 0.154. The van der Waals surface area contributed by atoms with Gasteiger partial charge in [0.25, 0.3) is 0 Å². The van der Waals surface area contributed by atoms with Crippen molar-refractivity contribution in [1.29, 1.82) is 0 Å². The maximum absolute atomic E-state index is 13.4. The maximum atomic E-state index is 13.4. The van der Waals surface area contributed by atoms with Crippen LogP contribution in [0.4, 0.5) is 13.2 Å². The first kappa shape index (κ1) is 11.6. The number of halogens is 3. The van der Waals surface area contributed by atoms with E-state index >= 15 is 0 Å². The van der Waals surface area contributed by atoms with Gasteiger partial charge in [-0.25, -0.2) is 13.2 Å². The van der Waals surface area contributed by atoms with E-state index in [2.05, 4.69) is 4.98 Å². The Morgan fingerprint density at radius 2 is 1.76 bits per heavy atom. The monoisotopic (exact) mass is 237 g/mol. The predicted octanol–water partition coefficient (Wildman–Crippen LogP) is 3.80. The van der Waals surface area contributed by atoms with Crippen LogP contribution in [0.2, 0.25) is 0 Å². The van der Waals surface area contributed by atoms with Crippen molar-refractivity contribution in [3.05, 3.63) is 53.2 Å². The molecule has 0 bridgehead atoms. The molecule has 2 aromatic rings. The zero-order chi connectivity index (χ0) is 12.4. The second-order valence-electron chi connectivity index (χ2n) is 3.77. The number of hydrogen-bond donors (Lipinski definition) is 0. The minimum Gasteiger partial charge on any atom is -0.256 e. The lowest BCUT2D eigenvalue weighted by Gasteiger charge is -2.05. The maximum Gasteiger partial charge on any atom is 0.132 e. The molecular weight excluding hydrogens is 227 g/mol. The van der Waals surface area contributed by atoms with Gasteiger partial charge in [-0.1, -0.05) is 6.07 Å². The van der Waals surface area contributed by atoms with E-state index < -0.39 is 23.9 Å². The molecule has 0 aliphatic heterocycles. The molecule has 1 heterocycles. The van der Waals surface area contributed by atoms with Crippen molar-refractivity contribution in [2.24, 2.45) is 0 Å². The van der Waals surface area contributed by atoms with Gasteiger partial charge in [0.05, 0.1) is 11.3 Å². The standard InChI is InChI=1S/C13H10F3N/c1-8-2-3-13(17-7-8)9-4-11(15)10(6-14)12(16)5-9/h2-5,7H,6H2,1H3. The molecular formula is C13H10F3N.